The third-order valence-corrected chi connectivity index (χ3v) is 6.10. The number of carbonyl (C=O) groups is 1. The molecule has 33 heavy (non-hydrogen) atoms. The molecule has 2 aromatic heterocycles. The van der Waals surface area contributed by atoms with Crippen LogP contribution in [0.25, 0.3) is 11.1 Å². The Morgan fingerprint density at radius 1 is 1.09 bits per heavy atom. The van der Waals surface area contributed by atoms with Crippen LogP contribution in [0, 0.1) is 29.6 Å². The lowest BCUT2D eigenvalue weighted by atomic mass is 9.90. The number of nitrogens with one attached hydrogen (secondary N) is 1. The molecule has 1 aromatic carbocycles. The molecule has 0 bridgehead atoms. The van der Waals surface area contributed by atoms with Crippen molar-refractivity contribution in [3.8, 4) is 23.3 Å². The molecule has 0 unspecified atom stereocenters. The van der Waals surface area contributed by atoms with Gasteiger partial charge in [0.2, 0.25) is 0 Å². The Hall–Kier alpha value is -4.08. The van der Waals surface area contributed by atoms with Crippen molar-refractivity contribution in [2.45, 2.75) is 31.2 Å². The summed E-state index contributed by atoms with van der Waals surface area (Å²) in [6, 6.07) is 13.9. The summed E-state index contributed by atoms with van der Waals surface area (Å²) in [6.45, 7) is 5.31. The number of sulfone groups is 1. The molecule has 0 fully saturated rings. The summed E-state index contributed by atoms with van der Waals surface area (Å²) in [5, 5.41) is 21.3. The van der Waals surface area contributed by atoms with Gasteiger partial charge in [0.05, 0.1) is 22.7 Å². The van der Waals surface area contributed by atoms with Gasteiger partial charge in [0.25, 0.3) is 5.91 Å². The Balaban J connectivity index is 1.95. The lowest BCUT2D eigenvalue weighted by molar-refractivity contribution is 0.102. The maximum Gasteiger partial charge on any atom is 0.255 e. The molecule has 3 rings (SSSR count). The summed E-state index contributed by atoms with van der Waals surface area (Å²) in [4.78, 5) is 21.0. The fourth-order valence-corrected chi connectivity index (χ4v) is 3.91. The van der Waals surface area contributed by atoms with Crippen LogP contribution < -0.4 is 5.32 Å². The lowest BCUT2D eigenvalue weighted by Crippen LogP contribution is -2.18. The van der Waals surface area contributed by atoms with Crippen molar-refractivity contribution < 1.29 is 13.2 Å². The van der Waals surface area contributed by atoms with Crippen molar-refractivity contribution >= 4 is 21.4 Å². The van der Waals surface area contributed by atoms with E-state index in [2.05, 4.69) is 21.4 Å². The summed E-state index contributed by atoms with van der Waals surface area (Å²) in [6.07, 6.45) is 3.88. The number of benzene rings is 1. The van der Waals surface area contributed by atoms with E-state index in [0.717, 1.165) is 11.8 Å². The zero-order valence-electron chi connectivity index (χ0n) is 18.5. The van der Waals surface area contributed by atoms with Crippen molar-refractivity contribution in [2.24, 2.45) is 0 Å². The van der Waals surface area contributed by atoms with Crippen LogP contribution in [0.5, 0.6) is 0 Å². The van der Waals surface area contributed by atoms with Crippen LogP contribution in [0.15, 0.2) is 53.8 Å². The van der Waals surface area contributed by atoms with Gasteiger partial charge in [0.15, 0.2) is 14.9 Å². The van der Waals surface area contributed by atoms with Crippen LogP contribution in [0.2, 0.25) is 0 Å². The Morgan fingerprint density at radius 2 is 1.82 bits per heavy atom. The largest absolute Gasteiger partial charge is 0.322 e. The Labute approximate surface area is 192 Å². The molecule has 1 N–H and O–H groups in total. The molecule has 0 atom stereocenters. The molecule has 166 valence electrons. The van der Waals surface area contributed by atoms with Crippen molar-refractivity contribution in [3.05, 3.63) is 71.2 Å². The van der Waals surface area contributed by atoms with E-state index in [1.807, 2.05) is 13.0 Å². The van der Waals surface area contributed by atoms with Gasteiger partial charge >= 0.3 is 0 Å². The standard InChI is InChI=1S/C24H21N5O3S/c1-15-5-6-19(29-22(30)16-7-8-27-21(10-16)24(2,3)14-26)11-20(15)18-9-17(12-25)23(28-13-18)33(4,31)32/h5-11,13H,1-4H3,(H,29,30). The number of rotatable bonds is 5. The number of anilines is 1. The number of hydrogen-bond acceptors (Lipinski definition) is 7. The number of nitriles is 2. The third-order valence-electron chi connectivity index (χ3n) is 5.07. The SMILES string of the molecule is Cc1ccc(NC(=O)c2ccnc(C(C)(C)C#N)c2)cc1-c1cnc(S(C)(=O)=O)c(C#N)c1. The van der Waals surface area contributed by atoms with Crippen LogP contribution >= 0.6 is 0 Å². The van der Waals surface area contributed by atoms with E-state index in [0.29, 0.717) is 28.1 Å². The number of pyridine rings is 2. The van der Waals surface area contributed by atoms with Gasteiger partial charge in [-0.05, 0) is 62.2 Å². The zero-order valence-corrected chi connectivity index (χ0v) is 19.4. The number of aromatic nitrogens is 2. The van der Waals surface area contributed by atoms with E-state index in [1.165, 1.54) is 18.5 Å². The van der Waals surface area contributed by atoms with Gasteiger partial charge in [-0.15, -0.1) is 0 Å². The van der Waals surface area contributed by atoms with Gasteiger partial charge in [-0.25, -0.2) is 13.4 Å². The Bertz CT molecular complexity index is 1450. The zero-order chi connectivity index (χ0) is 24.4. The highest BCUT2D eigenvalue weighted by Gasteiger charge is 2.23. The Morgan fingerprint density at radius 3 is 2.45 bits per heavy atom. The monoisotopic (exact) mass is 459 g/mol. The molecule has 3 aromatic rings. The minimum atomic E-state index is -3.64. The summed E-state index contributed by atoms with van der Waals surface area (Å²) in [5.41, 5.74) is 2.56. The van der Waals surface area contributed by atoms with Gasteiger partial charge in [0, 0.05) is 35.5 Å². The second-order valence-electron chi connectivity index (χ2n) is 8.11. The molecule has 0 saturated heterocycles. The fourth-order valence-electron chi connectivity index (χ4n) is 3.16. The van der Waals surface area contributed by atoms with Gasteiger partial charge in [-0.3, -0.25) is 9.78 Å². The second-order valence-corrected chi connectivity index (χ2v) is 10.0. The molecule has 0 aliphatic carbocycles. The van der Waals surface area contributed by atoms with Gasteiger partial charge < -0.3 is 5.32 Å². The van der Waals surface area contributed by atoms with Gasteiger partial charge in [-0.1, -0.05) is 6.07 Å². The average molecular weight is 460 g/mol. The summed E-state index contributed by atoms with van der Waals surface area (Å²) in [7, 11) is -3.64. The smallest absolute Gasteiger partial charge is 0.255 e. The van der Waals surface area contributed by atoms with E-state index in [1.54, 1.807) is 44.2 Å². The summed E-state index contributed by atoms with van der Waals surface area (Å²) in [5.74, 6) is -0.370. The minimum absolute atomic E-state index is 0.0479. The van der Waals surface area contributed by atoms with Crippen LogP contribution in [0.3, 0.4) is 0 Å². The first-order valence-electron chi connectivity index (χ1n) is 9.86. The molecule has 0 saturated carbocycles. The van der Waals surface area contributed by atoms with E-state index in [4.69, 9.17) is 0 Å². The Kier molecular flexibility index (Phi) is 6.30. The molecule has 2 heterocycles. The molecule has 0 aliphatic rings. The molecule has 0 spiro atoms. The minimum Gasteiger partial charge on any atom is -0.322 e. The summed E-state index contributed by atoms with van der Waals surface area (Å²) < 4.78 is 23.7. The molecule has 0 radical (unpaired) electrons. The number of carbonyl (C=O) groups excluding carboxylic acids is 1. The predicted octanol–water partition coefficient (Wildman–Crippen LogP) is 3.78. The molecular formula is C24H21N5O3S. The highest BCUT2D eigenvalue weighted by molar-refractivity contribution is 7.90. The molecule has 0 aliphatic heterocycles. The highest BCUT2D eigenvalue weighted by atomic mass is 32.2. The lowest BCUT2D eigenvalue weighted by Gasteiger charge is -2.15. The number of hydrogen-bond donors (Lipinski definition) is 1. The van der Waals surface area contributed by atoms with E-state index < -0.39 is 15.3 Å². The maximum atomic E-state index is 12.8. The van der Waals surface area contributed by atoms with Gasteiger partial charge in [-0.2, -0.15) is 10.5 Å². The predicted molar refractivity (Wildman–Crippen MR) is 123 cm³/mol. The van der Waals surface area contributed by atoms with Crippen molar-refractivity contribution in [2.75, 3.05) is 11.6 Å². The van der Waals surface area contributed by atoms with E-state index in [-0.39, 0.29) is 16.5 Å². The van der Waals surface area contributed by atoms with E-state index in [9.17, 15) is 23.7 Å². The van der Waals surface area contributed by atoms with Gasteiger partial charge in [0.1, 0.15) is 6.07 Å². The molecule has 9 heteroatoms. The normalized spacial score (nSPS) is 11.3. The molecule has 1 amide bonds. The number of aryl methyl sites for hydroxylation is 1. The second kappa shape index (κ2) is 8.81. The average Bonchev–Trinajstić information content (AvgIpc) is 2.79. The first-order chi connectivity index (χ1) is 15.5. The van der Waals surface area contributed by atoms with Crippen LogP contribution in [-0.2, 0) is 15.3 Å². The summed E-state index contributed by atoms with van der Waals surface area (Å²) >= 11 is 0. The van der Waals surface area contributed by atoms with Crippen LogP contribution in [0.1, 0.15) is 41.0 Å². The maximum absolute atomic E-state index is 12.8. The van der Waals surface area contributed by atoms with Crippen LogP contribution in [-0.4, -0.2) is 30.5 Å². The fraction of sp³-hybridized carbons (Fsp3) is 0.208. The van der Waals surface area contributed by atoms with Crippen molar-refractivity contribution in [3.63, 3.8) is 0 Å². The highest BCUT2D eigenvalue weighted by Crippen LogP contribution is 2.29. The number of nitrogens with zero attached hydrogens (tertiary/aromatic N) is 4. The topological polar surface area (TPSA) is 137 Å². The third kappa shape index (κ3) is 5.05. The van der Waals surface area contributed by atoms with Crippen LogP contribution in [0.4, 0.5) is 5.69 Å². The molecular weight excluding hydrogens is 438 g/mol. The van der Waals surface area contributed by atoms with Crippen molar-refractivity contribution in [1.29, 1.82) is 10.5 Å². The quantitative estimate of drug-likeness (QED) is 0.613. The number of amides is 1. The van der Waals surface area contributed by atoms with Crippen molar-refractivity contribution in [1.82, 2.24) is 9.97 Å². The first kappa shape index (κ1) is 23.6. The molecule has 8 nitrogen and oxygen atoms in total. The van der Waals surface area contributed by atoms with E-state index >= 15 is 0 Å². The first-order valence-corrected chi connectivity index (χ1v) is 11.8.